The van der Waals surface area contributed by atoms with Crippen LogP contribution in [0.25, 0.3) is 0 Å². The molecule has 2 aromatic rings. The number of hydrogen-bond donors (Lipinski definition) is 1. The lowest BCUT2D eigenvalue weighted by Gasteiger charge is -2.13. The molecule has 0 radical (unpaired) electrons. The number of anilines is 1. The predicted molar refractivity (Wildman–Crippen MR) is 90.8 cm³/mol. The molecule has 2 nitrogen and oxygen atoms in total. The quantitative estimate of drug-likeness (QED) is 0.666. The number of aryl methyl sites for hydroxylation is 1. The molecule has 1 amide bonds. The van der Waals surface area contributed by atoms with E-state index >= 15 is 0 Å². The summed E-state index contributed by atoms with van der Waals surface area (Å²) >= 11 is 8.95. The van der Waals surface area contributed by atoms with Crippen LogP contribution in [0.1, 0.15) is 34.4 Å². The van der Waals surface area contributed by atoms with Gasteiger partial charge in [-0.3, -0.25) is 4.79 Å². The van der Waals surface area contributed by atoms with Gasteiger partial charge in [0.1, 0.15) is 0 Å². The Morgan fingerprint density at radius 1 is 1.20 bits per heavy atom. The molecule has 1 aliphatic rings. The Labute approximate surface area is 138 Å². The van der Waals surface area contributed by atoms with E-state index in [1.165, 1.54) is 16.7 Å². The largest absolute Gasteiger partial charge is 0.326 e. The van der Waals surface area contributed by atoms with Gasteiger partial charge in [-0.15, -0.1) is 11.3 Å². The van der Waals surface area contributed by atoms with Crippen molar-refractivity contribution in [2.45, 2.75) is 24.1 Å². The molecule has 1 unspecified atom stereocenters. The molecule has 1 aliphatic heterocycles. The van der Waals surface area contributed by atoms with Crippen molar-refractivity contribution >= 4 is 54.8 Å². The van der Waals surface area contributed by atoms with Crippen LogP contribution in [0.3, 0.4) is 0 Å². The third-order valence-electron chi connectivity index (χ3n) is 3.43. The SMILES string of the molecule is O=C1CCCc2cc(C(Br)c3csc(Br)c3)ccc2N1. The number of thiophene rings is 1. The van der Waals surface area contributed by atoms with Gasteiger partial charge in [0.15, 0.2) is 0 Å². The molecule has 104 valence electrons. The zero-order valence-corrected chi connectivity index (χ0v) is 14.6. The van der Waals surface area contributed by atoms with Crippen LogP contribution in [0, 0.1) is 0 Å². The molecule has 1 aromatic carbocycles. The molecule has 0 aliphatic carbocycles. The van der Waals surface area contributed by atoms with Crippen LogP contribution in [-0.2, 0) is 11.2 Å². The molecule has 0 fully saturated rings. The third-order valence-corrected chi connectivity index (χ3v) is 6.01. The average Bonchev–Trinajstić information content (AvgIpc) is 2.77. The maximum Gasteiger partial charge on any atom is 0.224 e. The Balaban J connectivity index is 1.92. The van der Waals surface area contributed by atoms with Crippen molar-refractivity contribution in [3.8, 4) is 0 Å². The fourth-order valence-corrected chi connectivity index (χ4v) is 4.33. The van der Waals surface area contributed by atoms with Gasteiger partial charge in [0.2, 0.25) is 5.91 Å². The molecule has 2 heterocycles. The summed E-state index contributed by atoms with van der Waals surface area (Å²) in [4.78, 5) is 11.8. The summed E-state index contributed by atoms with van der Waals surface area (Å²) in [6.45, 7) is 0. The van der Waals surface area contributed by atoms with Crippen molar-refractivity contribution in [2.24, 2.45) is 0 Å². The number of alkyl halides is 1. The van der Waals surface area contributed by atoms with E-state index in [4.69, 9.17) is 0 Å². The van der Waals surface area contributed by atoms with Crippen LogP contribution in [0.4, 0.5) is 5.69 Å². The van der Waals surface area contributed by atoms with Crippen LogP contribution in [0.5, 0.6) is 0 Å². The lowest BCUT2D eigenvalue weighted by Crippen LogP contribution is -2.09. The smallest absolute Gasteiger partial charge is 0.224 e. The first-order valence-corrected chi connectivity index (χ1v) is 9.03. The summed E-state index contributed by atoms with van der Waals surface area (Å²) < 4.78 is 1.14. The van der Waals surface area contributed by atoms with Crippen molar-refractivity contribution in [3.63, 3.8) is 0 Å². The second-order valence-electron chi connectivity index (χ2n) is 4.87. The van der Waals surface area contributed by atoms with Crippen LogP contribution >= 0.6 is 43.2 Å². The van der Waals surface area contributed by atoms with E-state index in [9.17, 15) is 4.79 Å². The van der Waals surface area contributed by atoms with Gasteiger partial charge in [0, 0.05) is 12.1 Å². The van der Waals surface area contributed by atoms with E-state index in [0.717, 1.165) is 22.3 Å². The Hall–Kier alpha value is -0.650. The number of carbonyl (C=O) groups excluding carboxylic acids is 1. The molecule has 1 N–H and O–H groups in total. The minimum absolute atomic E-state index is 0.119. The maximum atomic E-state index is 11.6. The zero-order valence-electron chi connectivity index (χ0n) is 10.7. The zero-order chi connectivity index (χ0) is 14.1. The molecule has 1 aromatic heterocycles. The average molecular weight is 415 g/mol. The number of nitrogens with one attached hydrogen (secondary N) is 1. The molecule has 0 saturated carbocycles. The van der Waals surface area contributed by atoms with Gasteiger partial charge in [0.05, 0.1) is 8.61 Å². The standard InChI is InChI=1S/C15H13Br2NOS/c16-13-7-11(8-20-13)15(17)10-4-5-12-9(6-10)2-1-3-14(19)18-12/h4-8,15H,1-3H2,(H,18,19). The number of rotatable bonds is 2. The van der Waals surface area contributed by atoms with Crippen LogP contribution in [0.2, 0.25) is 0 Å². The number of carbonyl (C=O) groups is 1. The molecular weight excluding hydrogens is 402 g/mol. The first kappa shape index (κ1) is 14.3. The normalized spacial score (nSPS) is 16.2. The second kappa shape index (κ2) is 6.00. The van der Waals surface area contributed by atoms with Gasteiger partial charge in [-0.2, -0.15) is 0 Å². The van der Waals surface area contributed by atoms with Crippen LogP contribution in [0.15, 0.2) is 33.4 Å². The van der Waals surface area contributed by atoms with E-state index in [1.807, 2.05) is 6.07 Å². The van der Waals surface area contributed by atoms with Gasteiger partial charge in [0.25, 0.3) is 0 Å². The second-order valence-corrected chi connectivity index (χ2v) is 8.07. The van der Waals surface area contributed by atoms with Crippen molar-refractivity contribution < 1.29 is 4.79 Å². The fraction of sp³-hybridized carbons (Fsp3) is 0.267. The predicted octanol–water partition coefficient (Wildman–Crippen LogP) is 5.27. The summed E-state index contributed by atoms with van der Waals surface area (Å²) in [6.07, 6.45) is 2.48. The summed E-state index contributed by atoms with van der Waals surface area (Å²) in [5.74, 6) is 0.119. The highest BCUT2D eigenvalue weighted by Gasteiger charge is 2.17. The highest BCUT2D eigenvalue weighted by molar-refractivity contribution is 9.11. The van der Waals surface area contributed by atoms with Crippen molar-refractivity contribution in [3.05, 3.63) is 50.1 Å². The number of amides is 1. The van der Waals surface area contributed by atoms with E-state index in [1.54, 1.807) is 11.3 Å². The maximum absolute atomic E-state index is 11.6. The number of hydrogen-bond acceptors (Lipinski definition) is 2. The van der Waals surface area contributed by atoms with E-state index < -0.39 is 0 Å². The monoisotopic (exact) mass is 413 g/mol. The fourth-order valence-electron chi connectivity index (χ4n) is 2.40. The Kier molecular flexibility index (Phi) is 4.29. The van der Waals surface area contributed by atoms with Gasteiger partial charge >= 0.3 is 0 Å². The lowest BCUT2D eigenvalue weighted by atomic mass is 10.0. The summed E-state index contributed by atoms with van der Waals surface area (Å²) in [7, 11) is 0. The highest BCUT2D eigenvalue weighted by Crippen LogP contribution is 2.37. The Morgan fingerprint density at radius 2 is 2.05 bits per heavy atom. The molecule has 5 heteroatoms. The molecule has 20 heavy (non-hydrogen) atoms. The van der Waals surface area contributed by atoms with Crippen molar-refractivity contribution in [1.82, 2.24) is 0 Å². The third kappa shape index (κ3) is 3.00. The minimum Gasteiger partial charge on any atom is -0.326 e. The van der Waals surface area contributed by atoms with Crippen LogP contribution in [-0.4, -0.2) is 5.91 Å². The van der Waals surface area contributed by atoms with E-state index in [2.05, 4.69) is 60.8 Å². The molecule has 0 bridgehead atoms. The van der Waals surface area contributed by atoms with Crippen LogP contribution < -0.4 is 5.32 Å². The van der Waals surface area contributed by atoms with Crippen molar-refractivity contribution in [1.29, 1.82) is 0 Å². The number of benzene rings is 1. The Bertz CT molecular complexity index is 653. The molecular formula is C15H13Br2NOS. The molecule has 1 atom stereocenters. The van der Waals surface area contributed by atoms with Gasteiger partial charge < -0.3 is 5.32 Å². The first-order valence-electron chi connectivity index (χ1n) is 6.44. The summed E-state index contributed by atoms with van der Waals surface area (Å²) in [5, 5.41) is 5.12. The molecule has 3 rings (SSSR count). The Morgan fingerprint density at radius 3 is 2.80 bits per heavy atom. The van der Waals surface area contributed by atoms with E-state index in [0.29, 0.717) is 6.42 Å². The topological polar surface area (TPSA) is 29.1 Å². The molecule has 0 saturated heterocycles. The number of halogens is 2. The first-order chi connectivity index (χ1) is 9.63. The summed E-state index contributed by atoms with van der Waals surface area (Å²) in [5.41, 5.74) is 4.67. The molecule has 0 spiro atoms. The lowest BCUT2D eigenvalue weighted by molar-refractivity contribution is -0.116. The summed E-state index contributed by atoms with van der Waals surface area (Å²) in [6, 6.07) is 8.43. The highest BCUT2D eigenvalue weighted by atomic mass is 79.9. The minimum atomic E-state index is 0.119. The van der Waals surface area contributed by atoms with Crippen molar-refractivity contribution in [2.75, 3.05) is 5.32 Å². The van der Waals surface area contributed by atoms with Gasteiger partial charge in [-0.25, -0.2) is 0 Å². The van der Waals surface area contributed by atoms with Gasteiger partial charge in [-0.05, 0) is 63.0 Å². The van der Waals surface area contributed by atoms with E-state index in [-0.39, 0.29) is 10.7 Å². The van der Waals surface area contributed by atoms with Gasteiger partial charge in [-0.1, -0.05) is 28.1 Å². The number of fused-ring (bicyclic) bond motifs is 1.